The van der Waals surface area contributed by atoms with E-state index in [0.29, 0.717) is 24.5 Å². The van der Waals surface area contributed by atoms with Crippen molar-refractivity contribution in [2.45, 2.75) is 49.6 Å². The molecule has 1 aliphatic heterocycles. The molecule has 1 aliphatic carbocycles. The van der Waals surface area contributed by atoms with Crippen molar-refractivity contribution in [2.24, 2.45) is 12.8 Å². The number of amides is 3. The number of hydrogen-bond donors (Lipinski definition) is 2. The van der Waals surface area contributed by atoms with E-state index in [0.717, 1.165) is 24.8 Å². The molecule has 9 nitrogen and oxygen atoms in total. The summed E-state index contributed by atoms with van der Waals surface area (Å²) in [6.45, 7) is 0.511. The summed E-state index contributed by atoms with van der Waals surface area (Å²) in [6.07, 6.45) is 11.4. The Bertz CT molecular complexity index is 1100. The van der Waals surface area contributed by atoms with Crippen molar-refractivity contribution < 1.29 is 19.1 Å². The Labute approximate surface area is 192 Å². The number of carbonyl (C=O) groups excluding carboxylic acids is 3. The smallest absolute Gasteiger partial charge is 0.243 e. The molecule has 0 radical (unpaired) electrons. The zero-order chi connectivity index (χ0) is 23.6. The maximum Gasteiger partial charge on any atom is 0.243 e. The van der Waals surface area contributed by atoms with Crippen molar-refractivity contribution in [1.82, 2.24) is 20.0 Å². The summed E-state index contributed by atoms with van der Waals surface area (Å²) in [5.41, 5.74) is 5.49. The zero-order valence-corrected chi connectivity index (χ0v) is 18.5. The molecule has 3 amide bonds. The normalized spacial score (nSPS) is 19.4. The number of likely N-dealkylation sites (tertiary alicyclic amines) is 1. The van der Waals surface area contributed by atoms with Crippen LogP contribution in [-0.2, 0) is 26.8 Å². The van der Waals surface area contributed by atoms with E-state index in [1.165, 1.54) is 0 Å². The molecular formula is C24H27N5O4. The van der Waals surface area contributed by atoms with Crippen LogP contribution in [0.5, 0.6) is 11.5 Å². The second-order valence-corrected chi connectivity index (χ2v) is 8.61. The predicted molar refractivity (Wildman–Crippen MR) is 120 cm³/mol. The quantitative estimate of drug-likeness (QED) is 0.588. The van der Waals surface area contributed by atoms with Gasteiger partial charge in [-0.05, 0) is 43.4 Å². The Balaban J connectivity index is 1.44. The molecule has 3 N–H and O–H groups in total. The van der Waals surface area contributed by atoms with Crippen LogP contribution in [0.2, 0.25) is 0 Å². The van der Waals surface area contributed by atoms with Crippen molar-refractivity contribution in [2.75, 3.05) is 6.54 Å². The number of carbonyl (C=O) groups is 3. The lowest BCUT2D eigenvalue weighted by molar-refractivity contribution is -0.140. The van der Waals surface area contributed by atoms with Gasteiger partial charge in [-0.3, -0.25) is 19.1 Å². The van der Waals surface area contributed by atoms with Gasteiger partial charge < -0.3 is 20.7 Å². The first-order chi connectivity index (χ1) is 15.8. The molecule has 0 bridgehead atoms. The minimum Gasteiger partial charge on any atom is -0.454 e. The largest absolute Gasteiger partial charge is 0.454 e. The zero-order valence-electron chi connectivity index (χ0n) is 18.5. The number of hydrogen-bond acceptors (Lipinski definition) is 5. The predicted octanol–water partition coefficient (Wildman–Crippen LogP) is 1.23. The van der Waals surface area contributed by atoms with Crippen LogP contribution in [0.25, 0.3) is 0 Å². The van der Waals surface area contributed by atoms with Crippen LogP contribution in [0.4, 0.5) is 0 Å². The van der Waals surface area contributed by atoms with Crippen LogP contribution in [0.3, 0.4) is 0 Å². The fourth-order valence-electron chi connectivity index (χ4n) is 4.36. The first kappa shape index (κ1) is 22.4. The highest BCUT2D eigenvalue weighted by molar-refractivity contribution is 5.96. The molecule has 9 heteroatoms. The summed E-state index contributed by atoms with van der Waals surface area (Å²) in [7, 11) is 1.81. The first-order valence-corrected chi connectivity index (χ1v) is 11.0. The van der Waals surface area contributed by atoms with Crippen LogP contribution in [0.1, 0.15) is 37.7 Å². The molecule has 0 spiro atoms. The molecule has 2 aliphatic rings. The average molecular weight is 450 g/mol. The molecule has 2 aromatic rings. The lowest BCUT2D eigenvalue weighted by Crippen LogP contribution is -2.51. The summed E-state index contributed by atoms with van der Waals surface area (Å²) < 4.78 is 7.45. The lowest BCUT2D eigenvalue weighted by Gasteiger charge is -2.29. The van der Waals surface area contributed by atoms with Gasteiger partial charge in [0, 0.05) is 13.6 Å². The van der Waals surface area contributed by atoms with E-state index in [-0.39, 0.29) is 18.2 Å². The molecule has 4 rings (SSSR count). The molecule has 1 aromatic heterocycles. The van der Waals surface area contributed by atoms with Crippen LogP contribution in [-0.4, -0.2) is 51.0 Å². The Morgan fingerprint density at radius 1 is 1.30 bits per heavy atom. The third-order valence-electron chi connectivity index (χ3n) is 6.22. The number of terminal acetylenes is 1. The van der Waals surface area contributed by atoms with Crippen molar-refractivity contribution in [3.63, 3.8) is 0 Å². The topological polar surface area (TPSA) is 120 Å². The van der Waals surface area contributed by atoms with Crippen molar-refractivity contribution in [3.05, 3.63) is 42.2 Å². The van der Waals surface area contributed by atoms with E-state index in [2.05, 4.69) is 16.3 Å². The van der Waals surface area contributed by atoms with Gasteiger partial charge in [-0.2, -0.15) is 5.10 Å². The van der Waals surface area contributed by atoms with E-state index in [9.17, 15) is 14.4 Å². The molecule has 2 fully saturated rings. The number of aromatic nitrogens is 2. The van der Waals surface area contributed by atoms with Gasteiger partial charge in [0.25, 0.3) is 0 Å². The van der Waals surface area contributed by atoms with Gasteiger partial charge in [0.05, 0.1) is 30.3 Å². The van der Waals surface area contributed by atoms with Gasteiger partial charge in [0.2, 0.25) is 17.7 Å². The molecular weight excluding hydrogens is 422 g/mol. The van der Waals surface area contributed by atoms with Crippen molar-refractivity contribution >= 4 is 17.7 Å². The SMILES string of the molecule is C#C[C@H](CC(N)=O)NC(=O)[C@@H]1CCCN1C(=O)C1(c2ccc(Oc3cnn(C)c3)cc2)CC1. The van der Waals surface area contributed by atoms with Gasteiger partial charge in [-0.15, -0.1) is 6.42 Å². The summed E-state index contributed by atoms with van der Waals surface area (Å²) in [5, 5.41) is 6.76. The summed E-state index contributed by atoms with van der Waals surface area (Å²) >= 11 is 0. The third-order valence-corrected chi connectivity index (χ3v) is 6.22. The van der Waals surface area contributed by atoms with Gasteiger partial charge in [-0.25, -0.2) is 0 Å². The average Bonchev–Trinajstić information content (AvgIpc) is 3.26. The molecule has 1 aromatic carbocycles. The van der Waals surface area contributed by atoms with Gasteiger partial charge in [-0.1, -0.05) is 18.1 Å². The maximum atomic E-state index is 13.5. The molecule has 2 atom stereocenters. The Morgan fingerprint density at radius 2 is 2.03 bits per heavy atom. The molecule has 0 unspecified atom stereocenters. The van der Waals surface area contributed by atoms with Gasteiger partial charge >= 0.3 is 0 Å². The van der Waals surface area contributed by atoms with Crippen LogP contribution < -0.4 is 15.8 Å². The van der Waals surface area contributed by atoms with Crippen molar-refractivity contribution in [1.29, 1.82) is 0 Å². The third kappa shape index (κ3) is 4.70. The monoisotopic (exact) mass is 449 g/mol. The number of primary amides is 1. The second-order valence-electron chi connectivity index (χ2n) is 8.61. The summed E-state index contributed by atoms with van der Waals surface area (Å²) in [4.78, 5) is 39.2. The minimum atomic E-state index is -0.783. The maximum absolute atomic E-state index is 13.5. The van der Waals surface area contributed by atoms with E-state index in [1.54, 1.807) is 22.0 Å². The second kappa shape index (κ2) is 8.98. The number of aryl methyl sites for hydroxylation is 1. The van der Waals surface area contributed by atoms with E-state index >= 15 is 0 Å². The van der Waals surface area contributed by atoms with E-state index in [4.69, 9.17) is 16.9 Å². The first-order valence-electron chi connectivity index (χ1n) is 11.0. The molecule has 1 saturated heterocycles. The fraction of sp³-hybridized carbons (Fsp3) is 0.417. The summed E-state index contributed by atoms with van der Waals surface area (Å²) in [6, 6.07) is 6.10. The number of rotatable bonds is 8. The van der Waals surface area contributed by atoms with Crippen LogP contribution in [0.15, 0.2) is 36.7 Å². The Morgan fingerprint density at radius 3 is 2.61 bits per heavy atom. The van der Waals surface area contributed by atoms with Gasteiger partial charge in [0.1, 0.15) is 11.8 Å². The number of ether oxygens (including phenoxy) is 1. The van der Waals surface area contributed by atoms with Crippen molar-refractivity contribution in [3.8, 4) is 23.8 Å². The number of nitrogens with one attached hydrogen (secondary N) is 1. The highest BCUT2D eigenvalue weighted by Gasteiger charge is 2.55. The molecule has 172 valence electrons. The molecule has 1 saturated carbocycles. The Kier molecular flexibility index (Phi) is 6.09. The Hall–Kier alpha value is -3.80. The van der Waals surface area contributed by atoms with E-state index in [1.807, 2.05) is 31.3 Å². The van der Waals surface area contributed by atoms with Crippen LogP contribution in [0, 0.1) is 12.3 Å². The summed E-state index contributed by atoms with van der Waals surface area (Å²) in [5.74, 6) is 2.67. The van der Waals surface area contributed by atoms with Gasteiger partial charge in [0.15, 0.2) is 5.75 Å². The minimum absolute atomic E-state index is 0.0479. The standard InChI is InChI=1S/C24H27N5O4/c1-3-17(13-21(25)30)27-22(31)20-5-4-12-29(20)23(32)24(10-11-24)16-6-8-18(9-7-16)33-19-14-26-28(2)15-19/h1,6-9,14-15,17,20H,4-5,10-13H2,2H3,(H2,25,30)(H,27,31)/t17-,20+/m1/s1. The molecule has 33 heavy (non-hydrogen) atoms. The van der Waals surface area contributed by atoms with E-state index < -0.39 is 23.4 Å². The van der Waals surface area contributed by atoms with Crippen LogP contribution >= 0.6 is 0 Å². The highest BCUT2D eigenvalue weighted by Crippen LogP contribution is 2.50. The number of nitrogens with zero attached hydrogens (tertiary/aromatic N) is 3. The number of benzene rings is 1. The number of nitrogens with two attached hydrogens (primary N) is 1. The lowest BCUT2D eigenvalue weighted by atomic mass is 9.93. The molecule has 2 heterocycles. The fourth-order valence-corrected chi connectivity index (χ4v) is 4.36. The highest BCUT2D eigenvalue weighted by atomic mass is 16.5.